The van der Waals surface area contributed by atoms with E-state index in [2.05, 4.69) is 11.0 Å². The zero-order valence-corrected chi connectivity index (χ0v) is 11.8. The maximum atomic E-state index is 11.1. The minimum Gasteiger partial charge on any atom is -0.496 e. The van der Waals surface area contributed by atoms with Gasteiger partial charge in [-0.3, -0.25) is 0 Å². The molecule has 3 heteroatoms. The molecular weight excluding hydrogens is 226 g/mol. The Hall–Kier alpha value is -1.35. The topological polar surface area (TPSA) is 29.5 Å². The molecule has 0 aliphatic heterocycles. The van der Waals surface area contributed by atoms with Crippen molar-refractivity contribution >= 4 is 6.29 Å². The molecule has 0 aliphatic rings. The lowest BCUT2D eigenvalue weighted by Gasteiger charge is -2.28. The van der Waals surface area contributed by atoms with Gasteiger partial charge < -0.3 is 14.4 Å². The van der Waals surface area contributed by atoms with Crippen molar-refractivity contribution in [2.24, 2.45) is 5.41 Å². The number of ether oxygens (including phenoxy) is 1. The van der Waals surface area contributed by atoms with Crippen LogP contribution in [0.15, 0.2) is 24.3 Å². The zero-order valence-electron chi connectivity index (χ0n) is 11.8. The average molecular weight is 249 g/mol. The van der Waals surface area contributed by atoms with Crippen molar-refractivity contribution < 1.29 is 9.53 Å². The summed E-state index contributed by atoms with van der Waals surface area (Å²) in [5, 5.41) is 0. The Morgan fingerprint density at radius 2 is 2.06 bits per heavy atom. The number of para-hydroxylation sites is 1. The van der Waals surface area contributed by atoms with E-state index in [-0.39, 0.29) is 5.41 Å². The third-order valence-corrected chi connectivity index (χ3v) is 3.36. The second-order valence-electron chi connectivity index (χ2n) is 5.11. The van der Waals surface area contributed by atoms with Gasteiger partial charge in [0.25, 0.3) is 0 Å². The van der Waals surface area contributed by atoms with Crippen molar-refractivity contribution in [1.29, 1.82) is 0 Å². The van der Waals surface area contributed by atoms with Crippen molar-refractivity contribution in [3.05, 3.63) is 29.8 Å². The van der Waals surface area contributed by atoms with E-state index < -0.39 is 0 Å². The number of nitrogens with zero attached hydrogens (tertiary/aromatic N) is 1. The molecule has 0 spiro atoms. The second kappa shape index (κ2) is 6.55. The maximum absolute atomic E-state index is 11.1. The number of carbonyl (C=O) groups is 1. The van der Waals surface area contributed by atoms with Crippen LogP contribution in [0, 0.1) is 5.41 Å². The number of benzene rings is 1. The lowest BCUT2D eigenvalue weighted by molar-refractivity contribution is -0.116. The number of methoxy groups -OCH3 is 1. The van der Waals surface area contributed by atoms with Crippen molar-refractivity contribution in [3.8, 4) is 5.75 Å². The van der Waals surface area contributed by atoms with Crippen LogP contribution in [0.1, 0.15) is 25.8 Å². The van der Waals surface area contributed by atoms with Crippen molar-refractivity contribution in [1.82, 2.24) is 4.90 Å². The van der Waals surface area contributed by atoms with E-state index in [1.165, 1.54) is 0 Å². The van der Waals surface area contributed by atoms with Crippen LogP contribution in [0.4, 0.5) is 0 Å². The first-order valence-corrected chi connectivity index (χ1v) is 6.31. The van der Waals surface area contributed by atoms with Gasteiger partial charge in [-0.25, -0.2) is 0 Å². The fourth-order valence-corrected chi connectivity index (χ4v) is 2.03. The van der Waals surface area contributed by atoms with Crippen LogP contribution in [0.25, 0.3) is 0 Å². The summed E-state index contributed by atoms with van der Waals surface area (Å²) < 4.78 is 5.33. The van der Waals surface area contributed by atoms with E-state index in [1.54, 1.807) is 7.11 Å². The number of hydrogen-bond acceptors (Lipinski definition) is 3. The summed E-state index contributed by atoms with van der Waals surface area (Å²) >= 11 is 0. The highest BCUT2D eigenvalue weighted by Gasteiger charge is 2.23. The standard InChI is InChI=1S/C15H23NO2/c1-5-15(2,12-17)11-16(3)10-13-8-6-7-9-14(13)18-4/h6-9,12H,5,10-11H2,1-4H3. The Kier molecular flexibility index (Phi) is 5.35. The monoisotopic (exact) mass is 249 g/mol. The van der Waals surface area contributed by atoms with Gasteiger partial charge in [-0.05, 0) is 19.5 Å². The summed E-state index contributed by atoms with van der Waals surface area (Å²) in [5.41, 5.74) is 0.878. The molecule has 0 fully saturated rings. The van der Waals surface area contributed by atoms with E-state index in [9.17, 15) is 4.79 Å². The molecular formula is C15H23NO2. The molecule has 0 heterocycles. The third-order valence-electron chi connectivity index (χ3n) is 3.36. The van der Waals surface area contributed by atoms with Crippen LogP contribution < -0.4 is 4.74 Å². The Balaban J connectivity index is 2.70. The van der Waals surface area contributed by atoms with Gasteiger partial charge >= 0.3 is 0 Å². The molecule has 0 N–H and O–H groups in total. The molecule has 0 aromatic heterocycles. The molecule has 0 saturated heterocycles. The Morgan fingerprint density at radius 3 is 2.61 bits per heavy atom. The predicted molar refractivity (Wildman–Crippen MR) is 73.8 cm³/mol. The van der Waals surface area contributed by atoms with Crippen molar-refractivity contribution in [2.75, 3.05) is 20.7 Å². The summed E-state index contributed by atoms with van der Waals surface area (Å²) in [7, 11) is 3.71. The molecule has 18 heavy (non-hydrogen) atoms. The van der Waals surface area contributed by atoms with Gasteiger partial charge in [-0.15, -0.1) is 0 Å². The van der Waals surface area contributed by atoms with Crippen molar-refractivity contribution in [3.63, 3.8) is 0 Å². The van der Waals surface area contributed by atoms with Crippen LogP contribution in [-0.2, 0) is 11.3 Å². The minimum absolute atomic E-state index is 0.267. The van der Waals surface area contributed by atoms with Gasteiger partial charge in [0.2, 0.25) is 0 Å². The van der Waals surface area contributed by atoms with E-state index >= 15 is 0 Å². The van der Waals surface area contributed by atoms with Crippen molar-refractivity contribution in [2.45, 2.75) is 26.8 Å². The summed E-state index contributed by atoms with van der Waals surface area (Å²) in [5.74, 6) is 0.897. The first-order valence-electron chi connectivity index (χ1n) is 6.31. The molecule has 0 aliphatic carbocycles. The van der Waals surface area contributed by atoms with Gasteiger partial charge in [-0.1, -0.05) is 32.0 Å². The molecule has 0 bridgehead atoms. The number of rotatable bonds is 7. The highest BCUT2D eigenvalue weighted by atomic mass is 16.5. The van der Waals surface area contributed by atoms with Gasteiger partial charge in [0, 0.05) is 24.1 Å². The van der Waals surface area contributed by atoms with E-state index in [0.717, 1.165) is 37.1 Å². The van der Waals surface area contributed by atoms with Crippen LogP contribution in [0.2, 0.25) is 0 Å². The fraction of sp³-hybridized carbons (Fsp3) is 0.533. The largest absolute Gasteiger partial charge is 0.496 e. The second-order valence-corrected chi connectivity index (χ2v) is 5.11. The quantitative estimate of drug-likeness (QED) is 0.696. The summed E-state index contributed by atoms with van der Waals surface area (Å²) in [6.45, 7) is 5.59. The normalized spacial score (nSPS) is 14.3. The average Bonchev–Trinajstić information content (AvgIpc) is 2.39. The molecule has 1 unspecified atom stereocenters. The number of carbonyl (C=O) groups excluding carboxylic acids is 1. The molecule has 3 nitrogen and oxygen atoms in total. The summed E-state index contributed by atoms with van der Waals surface area (Å²) in [6, 6.07) is 7.98. The van der Waals surface area contributed by atoms with Gasteiger partial charge in [0.05, 0.1) is 7.11 Å². The molecule has 100 valence electrons. The first kappa shape index (κ1) is 14.7. The number of hydrogen-bond donors (Lipinski definition) is 0. The van der Waals surface area contributed by atoms with Crippen LogP contribution in [-0.4, -0.2) is 31.9 Å². The lowest BCUT2D eigenvalue weighted by atomic mass is 9.89. The zero-order chi connectivity index (χ0) is 13.6. The highest BCUT2D eigenvalue weighted by molar-refractivity contribution is 5.58. The molecule has 0 amide bonds. The van der Waals surface area contributed by atoms with E-state index in [1.807, 2.05) is 39.1 Å². The smallest absolute Gasteiger partial charge is 0.127 e. The first-order chi connectivity index (χ1) is 8.54. The Labute approximate surface area is 110 Å². The lowest BCUT2D eigenvalue weighted by Crippen LogP contribution is -2.34. The summed E-state index contributed by atoms with van der Waals surface area (Å²) in [6.07, 6.45) is 1.92. The van der Waals surface area contributed by atoms with Gasteiger partial charge in [0.1, 0.15) is 12.0 Å². The van der Waals surface area contributed by atoms with Gasteiger partial charge in [0.15, 0.2) is 0 Å². The van der Waals surface area contributed by atoms with E-state index in [4.69, 9.17) is 4.74 Å². The fourth-order valence-electron chi connectivity index (χ4n) is 2.03. The van der Waals surface area contributed by atoms with Crippen LogP contribution in [0.5, 0.6) is 5.75 Å². The Bertz CT molecular complexity index is 392. The highest BCUT2D eigenvalue weighted by Crippen LogP contribution is 2.22. The predicted octanol–water partition coefficient (Wildman–Crippen LogP) is 2.74. The van der Waals surface area contributed by atoms with Crippen LogP contribution in [0.3, 0.4) is 0 Å². The molecule has 1 aromatic carbocycles. The van der Waals surface area contributed by atoms with Crippen LogP contribution >= 0.6 is 0 Å². The molecule has 0 radical (unpaired) electrons. The minimum atomic E-state index is -0.267. The number of aldehydes is 1. The maximum Gasteiger partial charge on any atom is 0.127 e. The molecule has 0 saturated carbocycles. The SMILES string of the molecule is CCC(C)(C=O)CN(C)Cc1ccccc1OC. The van der Waals surface area contributed by atoms with Gasteiger partial charge in [-0.2, -0.15) is 0 Å². The summed E-state index contributed by atoms with van der Waals surface area (Å²) in [4.78, 5) is 13.3. The Morgan fingerprint density at radius 1 is 1.39 bits per heavy atom. The van der Waals surface area contributed by atoms with E-state index in [0.29, 0.717) is 0 Å². The molecule has 1 atom stereocenters. The molecule has 1 aromatic rings. The molecule has 1 rings (SSSR count). The third kappa shape index (κ3) is 3.84.